The van der Waals surface area contributed by atoms with Gasteiger partial charge in [-0.25, -0.2) is 9.59 Å². The molecule has 2 aromatic carbocycles. The number of aliphatic hydroxyl groups is 3. The predicted molar refractivity (Wildman–Crippen MR) is 126 cm³/mol. The second-order valence-corrected chi connectivity index (χ2v) is 8.83. The number of aromatic hydroxyl groups is 1. The Morgan fingerprint density at radius 1 is 1.00 bits per heavy atom. The number of ether oxygens (including phenoxy) is 6. The van der Waals surface area contributed by atoms with E-state index in [-0.39, 0.29) is 58.3 Å². The summed E-state index contributed by atoms with van der Waals surface area (Å²) in [6.07, 6.45) is -6.84. The summed E-state index contributed by atoms with van der Waals surface area (Å²) in [6, 6.07) is 5.05. The number of carboxylic acids is 1. The SMILES string of the molecule is COc1cc(C(=O)O)ccc1O[C@@H]1O[C@@]2(CCc3c(cc(OC)c(O)c3OC)C(=O)OC2)[C@@H](O)[C@H](O)[C@H]1O. The second-order valence-electron chi connectivity index (χ2n) is 8.83. The molecular formula is C25H28O13. The first-order valence-corrected chi connectivity index (χ1v) is 11.5. The molecule has 0 saturated carbocycles. The zero-order chi connectivity index (χ0) is 27.8. The number of methoxy groups -OCH3 is 3. The summed E-state index contributed by atoms with van der Waals surface area (Å²) < 4.78 is 32.8. The van der Waals surface area contributed by atoms with Gasteiger partial charge in [0, 0.05) is 5.56 Å². The number of aromatic carboxylic acids is 1. The van der Waals surface area contributed by atoms with Gasteiger partial charge in [0.1, 0.15) is 30.5 Å². The molecule has 206 valence electrons. The second kappa shape index (κ2) is 10.5. The summed E-state index contributed by atoms with van der Waals surface area (Å²) in [7, 11) is 3.90. The van der Waals surface area contributed by atoms with Crippen molar-refractivity contribution in [3.63, 3.8) is 0 Å². The molecule has 1 saturated heterocycles. The molecule has 1 fully saturated rings. The Kier molecular flexibility index (Phi) is 7.56. The lowest BCUT2D eigenvalue weighted by Crippen LogP contribution is -2.67. The van der Waals surface area contributed by atoms with Crippen molar-refractivity contribution in [2.45, 2.75) is 43.0 Å². The van der Waals surface area contributed by atoms with E-state index in [4.69, 9.17) is 28.4 Å². The van der Waals surface area contributed by atoms with Gasteiger partial charge in [-0.15, -0.1) is 0 Å². The van der Waals surface area contributed by atoms with E-state index >= 15 is 0 Å². The average molecular weight is 536 g/mol. The fraction of sp³-hybridized carbons (Fsp3) is 0.440. The predicted octanol–water partition coefficient (Wildman–Crippen LogP) is 0.476. The Morgan fingerprint density at radius 2 is 1.71 bits per heavy atom. The molecule has 0 amide bonds. The Bertz CT molecular complexity index is 1230. The third-order valence-electron chi connectivity index (χ3n) is 6.71. The first-order valence-electron chi connectivity index (χ1n) is 11.5. The van der Waals surface area contributed by atoms with Crippen molar-refractivity contribution in [3.05, 3.63) is 41.0 Å². The molecule has 2 heterocycles. The minimum absolute atomic E-state index is 0.00309. The highest BCUT2D eigenvalue weighted by molar-refractivity contribution is 5.93. The number of carboxylic acid groups (broad SMARTS) is 1. The van der Waals surface area contributed by atoms with Crippen molar-refractivity contribution in [3.8, 4) is 28.7 Å². The molecule has 0 aromatic heterocycles. The van der Waals surface area contributed by atoms with Gasteiger partial charge in [-0.3, -0.25) is 0 Å². The number of hydrogen-bond donors (Lipinski definition) is 5. The van der Waals surface area contributed by atoms with Gasteiger partial charge >= 0.3 is 11.9 Å². The number of benzene rings is 2. The third kappa shape index (κ3) is 4.65. The van der Waals surface area contributed by atoms with Crippen LogP contribution in [0.15, 0.2) is 24.3 Å². The topological polar surface area (TPSA) is 191 Å². The molecule has 13 nitrogen and oxygen atoms in total. The minimum atomic E-state index is -1.78. The molecule has 2 aliphatic heterocycles. The molecule has 5 atom stereocenters. The van der Waals surface area contributed by atoms with Crippen LogP contribution in [0.5, 0.6) is 28.7 Å². The van der Waals surface area contributed by atoms with E-state index in [2.05, 4.69) is 0 Å². The van der Waals surface area contributed by atoms with E-state index in [1.54, 1.807) is 0 Å². The van der Waals surface area contributed by atoms with Crippen LogP contribution in [0.2, 0.25) is 0 Å². The summed E-state index contributed by atoms with van der Waals surface area (Å²) in [5.41, 5.74) is -1.49. The van der Waals surface area contributed by atoms with Gasteiger partial charge in [0.05, 0.1) is 32.5 Å². The molecule has 38 heavy (non-hydrogen) atoms. The van der Waals surface area contributed by atoms with E-state index in [1.165, 1.54) is 45.6 Å². The van der Waals surface area contributed by atoms with E-state index in [0.29, 0.717) is 0 Å². The lowest BCUT2D eigenvalue weighted by atomic mass is 9.81. The molecule has 2 aliphatic rings. The van der Waals surface area contributed by atoms with Gasteiger partial charge in [-0.1, -0.05) is 0 Å². The minimum Gasteiger partial charge on any atom is -0.502 e. The van der Waals surface area contributed by atoms with Crippen molar-refractivity contribution in [2.75, 3.05) is 27.9 Å². The third-order valence-corrected chi connectivity index (χ3v) is 6.71. The maximum absolute atomic E-state index is 13.0. The first-order chi connectivity index (χ1) is 18.1. The molecule has 0 unspecified atom stereocenters. The summed E-state index contributed by atoms with van der Waals surface area (Å²) in [4.78, 5) is 24.3. The van der Waals surface area contributed by atoms with Crippen LogP contribution in [0, 0.1) is 0 Å². The maximum Gasteiger partial charge on any atom is 0.338 e. The normalized spacial score (nSPS) is 26.9. The van der Waals surface area contributed by atoms with Gasteiger partial charge in [-0.2, -0.15) is 0 Å². The van der Waals surface area contributed by atoms with Crippen LogP contribution < -0.4 is 18.9 Å². The lowest BCUT2D eigenvalue weighted by Gasteiger charge is -2.48. The number of rotatable bonds is 6. The van der Waals surface area contributed by atoms with Crippen LogP contribution >= 0.6 is 0 Å². The smallest absolute Gasteiger partial charge is 0.338 e. The van der Waals surface area contributed by atoms with E-state index in [0.717, 1.165) is 0 Å². The number of fused-ring (bicyclic) bond motifs is 1. The van der Waals surface area contributed by atoms with Crippen molar-refractivity contribution in [1.29, 1.82) is 0 Å². The summed E-state index contributed by atoms with van der Waals surface area (Å²) in [5, 5.41) is 52.0. The van der Waals surface area contributed by atoms with E-state index < -0.39 is 48.7 Å². The number of cyclic esters (lactones) is 1. The van der Waals surface area contributed by atoms with Crippen molar-refractivity contribution >= 4 is 11.9 Å². The maximum atomic E-state index is 13.0. The van der Waals surface area contributed by atoms with Crippen LogP contribution in [-0.4, -0.2) is 95.6 Å². The van der Waals surface area contributed by atoms with Crippen LogP contribution in [-0.2, 0) is 15.9 Å². The van der Waals surface area contributed by atoms with Crippen molar-refractivity contribution < 1.29 is 63.5 Å². The highest BCUT2D eigenvalue weighted by atomic mass is 16.7. The Hall–Kier alpha value is -3.78. The molecule has 13 heteroatoms. The quantitative estimate of drug-likeness (QED) is 0.321. The molecule has 5 N–H and O–H groups in total. The molecule has 0 aliphatic carbocycles. The monoisotopic (exact) mass is 536 g/mol. The molecule has 2 aromatic rings. The van der Waals surface area contributed by atoms with Gasteiger partial charge in [0.25, 0.3) is 0 Å². The largest absolute Gasteiger partial charge is 0.502 e. The first kappa shape index (κ1) is 27.3. The van der Waals surface area contributed by atoms with Crippen molar-refractivity contribution in [1.82, 2.24) is 0 Å². The number of phenolic OH excluding ortho intramolecular Hbond substituents is 1. The summed E-state index contributed by atoms with van der Waals surface area (Å²) >= 11 is 0. The van der Waals surface area contributed by atoms with Crippen LogP contribution in [0.1, 0.15) is 32.7 Å². The fourth-order valence-corrected chi connectivity index (χ4v) is 4.62. The zero-order valence-electron chi connectivity index (χ0n) is 20.7. The number of carbonyl (C=O) groups excluding carboxylic acids is 1. The molecular weight excluding hydrogens is 508 g/mol. The van der Waals surface area contributed by atoms with E-state index in [1.807, 2.05) is 0 Å². The van der Waals surface area contributed by atoms with E-state index in [9.17, 15) is 35.1 Å². The summed E-state index contributed by atoms with van der Waals surface area (Å²) in [6.45, 7) is -0.517. The highest BCUT2D eigenvalue weighted by Crippen LogP contribution is 2.45. The Balaban J connectivity index is 1.68. The molecule has 0 radical (unpaired) electrons. The number of carbonyl (C=O) groups is 2. The van der Waals surface area contributed by atoms with Gasteiger partial charge in [0.2, 0.25) is 12.0 Å². The lowest BCUT2D eigenvalue weighted by molar-refractivity contribution is -0.320. The Morgan fingerprint density at radius 3 is 2.34 bits per heavy atom. The number of esters is 1. The van der Waals surface area contributed by atoms with Crippen molar-refractivity contribution in [2.24, 2.45) is 0 Å². The zero-order valence-corrected chi connectivity index (χ0v) is 20.7. The number of aliphatic hydroxyl groups excluding tert-OH is 3. The van der Waals surface area contributed by atoms with Crippen LogP contribution in [0.4, 0.5) is 0 Å². The van der Waals surface area contributed by atoms with Crippen LogP contribution in [0.25, 0.3) is 0 Å². The van der Waals surface area contributed by atoms with Gasteiger partial charge < -0.3 is 54.0 Å². The van der Waals surface area contributed by atoms with Gasteiger partial charge in [-0.05, 0) is 37.1 Å². The Labute approximate surface area is 216 Å². The summed E-state index contributed by atoms with van der Waals surface area (Å²) in [5.74, 6) is -2.39. The molecule has 4 rings (SSSR count). The fourth-order valence-electron chi connectivity index (χ4n) is 4.62. The highest BCUT2D eigenvalue weighted by Gasteiger charge is 2.56. The van der Waals surface area contributed by atoms with Crippen LogP contribution in [0.3, 0.4) is 0 Å². The average Bonchev–Trinajstić information content (AvgIpc) is 2.91. The standard InChI is InChI=1S/C25H28O13/c1-33-15-8-11(22(30)31)4-5-14(15)37-24-19(28)18(27)21(29)25(38-24)7-6-12-13(23(32)36-10-25)9-16(34-2)17(26)20(12)35-3/h4-5,8-9,18-19,21,24,26-29H,6-7,10H2,1-3H3,(H,30,31)/t18-,19-,21+,24-,25-/m1/s1. The van der Waals surface area contributed by atoms with Gasteiger partial charge in [0.15, 0.2) is 23.0 Å². The molecule has 0 bridgehead atoms. The number of hydrogen-bond acceptors (Lipinski definition) is 12. The number of phenols is 1. The molecule has 1 spiro atoms.